The average Bonchev–Trinajstić information content (AvgIpc) is 3.91. The lowest BCUT2D eigenvalue weighted by atomic mass is 9.95. The van der Waals surface area contributed by atoms with Crippen molar-refractivity contribution in [2.45, 2.75) is 6.17 Å². The Morgan fingerprint density at radius 3 is 1.85 bits per heavy atom. The summed E-state index contributed by atoms with van der Waals surface area (Å²) in [6, 6.07) is 76.9. The van der Waals surface area contributed by atoms with Gasteiger partial charge in [0.2, 0.25) is 0 Å². The fourth-order valence-corrected chi connectivity index (χ4v) is 9.26. The Bertz CT molecular complexity index is 3540. The van der Waals surface area contributed by atoms with Crippen molar-refractivity contribution in [1.82, 2.24) is 9.88 Å². The Balaban J connectivity index is 0.946. The van der Waals surface area contributed by atoms with E-state index in [1.54, 1.807) is 0 Å². The minimum absolute atomic E-state index is 0.374. The molecule has 1 atom stereocenters. The summed E-state index contributed by atoms with van der Waals surface area (Å²) in [5, 5.41) is 8.43. The van der Waals surface area contributed by atoms with Crippen LogP contribution in [0.25, 0.3) is 82.8 Å². The molecule has 11 aromatic rings. The van der Waals surface area contributed by atoms with E-state index < -0.39 is 0 Å². The van der Waals surface area contributed by atoms with Crippen LogP contribution in [0.1, 0.15) is 22.9 Å². The minimum Gasteiger partial charge on any atom is -0.456 e. The van der Waals surface area contributed by atoms with Crippen LogP contribution in [0.3, 0.4) is 0 Å². The third-order valence-corrected chi connectivity index (χ3v) is 12.1. The predicted octanol–water partition coefficient (Wildman–Crippen LogP) is 14.2. The van der Waals surface area contributed by atoms with Crippen molar-refractivity contribution in [3.63, 3.8) is 0 Å². The summed E-state index contributed by atoms with van der Waals surface area (Å²) in [5.74, 6) is 1.48. The van der Waals surface area contributed by atoms with Gasteiger partial charge in [0.25, 0.3) is 0 Å². The quantitative estimate of drug-likeness (QED) is 0.175. The maximum Gasteiger partial charge on any atom is 0.159 e. The molecule has 292 valence electrons. The van der Waals surface area contributed by atoms with Crippen molar-refractivity contribution in [3.8, 4) is 39.1 Å². The first-order valence-electron chi connectivity index (χ1n) is 21.0. The number of nitrogens with zero attached hydrogens (tertiary/aromatic N) is 3. The lowest BCUT2D eigenvalue weighted by Gasteiger charge is -2.25. The first kappa shape index (κ1) is 35.6. The molecule has 1 N–H and O–H groups in total. The van der Waals surface area contributed by atoms with Gasteiger partial charge >= 0.3 is 0 Å². The Hall–Kier alpha value is -8.28. The zero-order chi connectivity index (χ0) is 41.0. The number of amidine groups is 2. The van der Waals surface area contributed by atoms with Crippen LogP contribution in [0.2, 0.25) is 0 Å². The molecule has 0 aliphatic carbocycles. The van der Waals surface area contributed by atoms with Crippen LogP contribution in [0.4, 0.5) is 0 Å². The van der Waals surface area contributed by atoms with Gasteiger partial charge in [0, 0.05) is 43.9 Å². The van der Waals surface area contributed by atoms with Gasteiger partial charge < -0.3 is 14.3 Å². The van der Waals surface area contributed by atoms with Crippen LogP contribution in [0, 0.1) is 0 Å². The molecule has 0 fully saturated rings. The number of hydrogen-bond acceptors (Lipinski definition) is 4. The summed E-state index contributed by atoms with van der Waals surface area (Å²) in [7, 11) is 0. The molecule has 1 unspecified atom stereocenters. The molecule has 5 heteroatoms. The van der Waals surface area contributed by atoms with Gasteiger partial charge in [-0.3, -0.25) is 0 Å². The van der Waals surface area contributed by atoms with E-state index in [-0.39, 0.29) is 6.17 Å². The van der Waals surface area contributed by atoms with Crippen molar-refractivity contribution in [1.29, 1.82) is 0 Å². The van der Waals surface area contributed by atoms with Crippen molar-refractivity contribution in [3.05, 3.63) is 235 Å². The largest absolute Gasteiger partial charge is 0.456 e. The van der Waals surface area contributed by atoms with Gasteiger partial charge in [0.15, 0.2) is 5.84 Å². The Morgan fingerprint density at radius 1 is 0.419 bits per heavy atom. The zero-order valence-electron chi connectivity index (χ0n) is 33.6. The number of furan rings is 1. The number of para-hydroxylation sites is 2. The normalized spacial score (nSPS) is 14.0. The molecule has 0 amide bonds. The number of rotatable bonds is 7. The highest BCUT2D eigenvalue weighted by atomic mass is 16.3. The summed E-state index contributed by atoms with van der Waals surface area (Å²) in [5.41, 5.74) is 15.1. The molecule has 2 aromatic heterocycles. The molecule has 0 saturated carbocycles. The lowest BCUT2D eigenvalue weighted by Crippen LogP contribution is -2.33. The van der Waals surface area contributed by atoms with Gasteiger partial charge in [-0.2, -0.15) is 0 Å². The minimum atomic E-state index is -0.374. The molecule has 0 radical (unpaired) electrons. The number of nitrogens with one attached hydrogen (secondary N) is 1. The molecule has 9 aromatic carbocycles. The van der Waals surface area contributed by atoms with Crippen molar-refractivity contribution >= 4 is 55.4 Å². The zero-order valence-corrected chi connectivity index (χ0v) is 33.6. The lowest BCUT2D eigenvalue weighted by molar-refractivity contribution is 0.669. The highest BCUT2D eigenvalue weighted by Crippen LogP contribution is 2.43. The molecule has 1 aliphatic heterocycles. The second-order valence-corrected chi connectivity index (χ2v) is 15.7. The van der Waals surface area contributed by atoms with E-state index in [0.717, 1.165) is 83.4 Å². The predicted molar refractivity (Wildman–Crippen MR) is 256 cm³/mol. The monoisotopic (exact) mass is 794 g/mol. The van der Waals surface area contributed by atoms with E-state index in [0.29, 0.717) is 5.84 Å². The molecular weight excluding hydrogens is 757 g/mol. The number of fused-ring (bicyclic) bond motifs is 6. The maximum absolute atomic E-state index is 6.33. The smallest absolute Gasteiger partial charge is 0.159 e. The average molecular weight is 795 g/mol. The number of benzene rings is 9. The topological polar surface area (TPSA) is 54.8 Å². The first-order valence-corrected chi connectivity index (χ1v) is 21.0. The van der Waals surface area contributed by atoms with E-state index >= 15 is 0 Å². The van der Waals surface area contributed by atoms with Crippen LogP contribution in [-0.4, -0.2) is 16.2 Å². The van der Waals surface area contributed by atoms with Crippen LogP contribution < -0.4 is 5.32 Å². The SMILES string of the molecule is c1ccc(C2=NC(c3ccccc3-c3ccc(-n4c5ccccc5c5c(-c6cccc7oc8ccccc8c67)cccc54)cc3)NC(c3cccc(-c4ccccc4)c3)=N2)cc1. The second kappa shape index (κ2) is 14.8. The van der Waals surface area contributed by atoms with Crippen LogP contribution in [0.5, 0.6) is 0 Å². The molecule has 0 saturated heterocycles. The maximum atomic E-state index is 6.33. The number of aromatic nitrogens is 1. The highest BCUT2D eigenvalue weighted by Gasteiger charge is 2.24. The Kier molecular flexibility index (Phi) is 8.49. The molecule has 5 nitrogen and oxygen atoms in total. The van der Waals surface area contributed by atoms with E-state index in [4.69, 9.17) is 14.4 Å². The van der Waals surface area contributed by atoms with Crippen molar-refractivity contribution in [2.24, 2.45) is 9.98 Å². The second-order valence-electron chi connectivity index (χ2n) is 15.7. The summed E-state index contributed by atoms with van der Waals surface area (Å²) < 4.78 is 8.72. The molecule has 0 spiro atoms. The summed E-state index contributed by atoms with van der Waals surface area (Å²) in [6.07, 6.45) is -0.374. The number of hydrogen-bond donors (Lipinski definition) is 1. The molecule has 3 heterocycles. The van der Waals surface area contributed by atoms with Crippen molar-refractivity contribution in [2.75, 3.05) is 0 Å². The standard InChI is InChI=1S/C57H38N4O/c1-3-16-37(17-4-1)40-20-13-21-41(36-40)56-58-55(39-18-5-2-6-19-39)59-57(60-56)46-23-8-7-22-43(46)38-32-34-42(35-33-38)61-49-28-11-9-24-47(49)53-44(26-14-29-50(53)61)45-27-15-31-52-54(45)48-25-10-12-30-51(48)62-52/h1-36,57H,(H,58,59,60). The van der Waals surface area contributed by atoms with E-state index in [9.17, 15) is 0 Å². The van der Waals surface area contributed by atoms with E-state index in [1.807, 2.05) is 36.4 Å². The highest BCUT2D eigenvalue weighted by molar-refractivity contribution is 6.21. The third-order valence-electron chi connectivity index (χ3n) is 12.1. The van der Waals surface area contributed by atoms with E-state index in [1.165, 1.54) is 21.9 Å². The summed E-state index contributed by atoms with van der Waals surface area (Å²) in [4.78, 5) is 10.4. The van der Waals surface area contributed by atoms with Crippen molar-refractivity contribution < 1.29 is 4.42 Å². The fraction of sp³-hybridized carbons (Fsp3) is 0.0175. The Morgan fingerprint density at radius 2 is 1.02 bits per heavy atom. The third kappa shape index (κ3) is 6.02. The fourth-order valence-electron chi connectivity index (χ4n) is 9.26. The van der Waals surface area contributed by atoms with Gasteiger partial charge in [-0.25, -0.2) is 9.98 Å². The van der Waals surface area contributed by atoms with Gasteiger partial charge in [-0.05, 0) is 75.8 Å². The number of aliphatic imine (C=N–C) groups is 2. The van der Waals surface area contributed by atoms with Gasteiger partial charge in [0.05, 0.1) is 11.0 Å². The summed E-state index contributed by atoms with van der Waals surface area (Å²) in [6.45, 7) is 0. The molecule has 1 aliphatic rings. The van der Waals surface area contributed by atoms with Crippen LogP contribution in [-0.2, 0) is 0 Å². The Labute approximate surface area is 358 Å². The molecule has 12 rings (SSSR count). The first-order chi connectivity index (χ1) is 30.7. The van der Waals surface area contributed by atoms with Gasteiger partial charge in [-0.1, -0.05) is 176 Å². The van der Waals surface area contributed by atoms with Gasteiger partial charge in [0.1, 0.15) is 23.2 Å². The summed E-state index contributed by atoms with van der Waals surface area (Å²) >= 11 is 0. The molecular formula is C57H38N4O. The van der Waals surface area contributed by atoms with Crippen LogP contribution in [0.15, 0.2) is 233 Å². The van der Waals surface area contributed by atoms with Crippen LogP contribution >= 0.6 is 0 Å². The molecule has 62 heavy (non-hydrogen) atoms. The van der Waals surface area contributed by atoms with Gasteiger partial charge in [-0.15, -0.1) is 0 Å². The van der Waals surface area contributed by atoms with E-state index in [2.05, 4.69) is 192 Å². The molecule has 0 bridgehead atoms.